The molecule has 0 unspecified atom stereocenters. The normalized spacial score (nSPS) is 12.5. The molecule has 0 atom stereocenters. The number of hydrogen-bond donors (Lipinski definition) is 1. The van der Waals surface area contributed by atoms with Crippen LogP contribution in [0.4, 0.5) is 0 Å². The molecule has 7 heteroatoms. The van der Waals surface area contributed by atoms with Crippen LogP contribution in [0, 0.1) is 5.41 Å². The number of para-hydroxylation sites is 1. The SMILES string of the molecule is CC(C)(COc1c(Br)cccc1Br)CS(N)(=O)=O. The first-order chi connectivity index (χ1) is 8.11. The van der Waals surface area contributed by atoms with E-state index in [1.54, 1.807) is 13.8 Å². The predicted molar refractivity (Wildman–Crippen MR) is 79.1 cm³/mol. The second kappa shape index (κ2) is 5.90. The molecule has 1 aromatic rings. The van der Waals surface area contributed by atoms with Crippen molar-refractivity contribution < 1.29 is 13.2 Å². The van der Waals surface area contributed by atoms with E-state index in [4.69, 9.17) is 9.88 Å². The molecule has 0 heterocycles. The van der Waals surface area contributed by atoms with Crippen LogP contribution in [0.25, 0.3) is 0 Å². The second-order valence-electron chi connectivity index (χ2n) is 4.81. The molecule has 0 aliphatic rings. The van der Waals surface area contributed by atoms with Crippen LogP contribution in [0.2, 0.25) is 0 Å². The fourth-order valence-corrected chi connectivity index (χ4v) is 3.87. The van der Waals surface area contributed by atoms with Gasteiger partial charge >= 0.3 is 0 Å². The van der Waals surface area contributed by atoms with Gasteiger partial charge in [0.25, 0.3) is 0 Å². The average molecular weight is 401 g/mol. The number of rotatable bonds is 5. The fourth-order valence-electron chi connectivity index (χ4n) is 1.47. The minimum absolute atomic E-state index is 0.123. The van der Waals surface area contributed by atoms with Gasteiger partial charge < -0.3 is 4.74 Å². The molecule has 0 aliphatic carbocycles. The zero-order valence-corrected chi connectivity index (χ0v) is 14.1. The van der Waals surface area contributed by atoms with Crippen molar-refractivity contribution >= 4 is 41.9 Å². The molecule has 0 fully saturated rings. The maximum Gasteiger partial charge on any atom is 0.209 e. The molecule has 0 bridgehead atoms. The molecule has 1 aromatic carbocycles. The molecule has 0 amide bonds. The van der Waals surface area contributed by atoms with Gasteiger partial charge in [-0.2, -0.15) is 0 Å². The Kier molecular flexibility index (Phi) is 5.22. The molecule has 4 nitrogen and oxygen atoms in total. The van der Waals surface area contributed by atoms with Gasteiger partial charge in [-0.05, 0) is 44.0 Å². The van der Waals surface area contributed by atoms with Gasteiger partial charge in [-0.3, -0.25) is 0 Å². The highest BCUT2D eigenvalue weighted by Gasteiger charge is 2.25. The highest BCUT2D eigenvalue weighted by molar-refractivity contribution is 9.11. The van der Waals surface area contributed by atoms with Gasteiger partial charge in [-0.25, -0.2) is 13.6 Å². The lowest BCUT2D eigenvalue weighted by molar-refractivity contribution is 0.198. The van der Waals surface area contributed by atoms with Crippen LogP contribution < -0.4 is 9.88 Å². The summed E-state index contributed by atoms with van der Waals surface area (Å²) in [5, 5.41) is 5.05. The summed E-state index contributed by atoms with van der Waals surface area (Å²) in [6, 6.07) is 5.58. The molecule has 2 N–H and O–H groups in total. The van der Waals surface area contributed by atoms with Gasteiger partial charge in [-0.1, -0.05) is 19.9 Å². The summed E-state index contributed by atoms with van der Waals surface area (Å²) in [5.41, 5.74) is -0.553. The van der Waals surface area contributed by atoms with Crippen LogP contribution in [0.1, 0.15) is 13.8 Å². The summed E-state index contributed by atoms with van der Waals surface area (Å²) in [5.74, 6) is 0.530. The third kappa shape index (κ3) is 5.26. The van der Waals surface area contributed by atoms with E-state index < -0.39 is 15.4 Å². The first-order valence-corrected chi connectivity index (χ1v) is 8.48. The largest absolute Gasteiger partial charge is 0.491 e. The van der Waals surface area contributed by atoms with Crippen LogP contribution in [0.5, 0.6) is 5.75 Å². The molecule has 0 radical (unpaired) electrons. The molecule has 0 spiro atoms. The maximum atomic E-state index is 11.1. The minimum Gasteiger partial charge on any atom is -0.491 e. The minimum atomic E-state index is -3.51. The monoisotopic (exact) mass is 399 g/mol. The Bertz CT molecular complexity index is 509. The predicted octanol–water partition coefficient (Wildman–Crippen LogP) is 2.91. The van der Waals surface area contributed by atoms with Gasteiger partial charge in [0.05, 0.1) is 21.3 Å². The second-order valence-corrected chi connectivity index (χ2v) is 8.13. The van der Waals surface area contributed by atoms with Crippen molar-refractivity contribution in [3.8, 4) is 5.75 Å². The van der Waals surface area contributed by atoms with Crippen molar-refractivity contribution in [1.82, 2.24) is 0 Å². The topological polar surface area (TPSA) is 69.4 Å². The molecule has 0 saturated carbocycles. The highest BCUT2D eigenvalue weighted by atomic mass is 79.9. The Hall–Kier alpha value is -0.110. The number of primary sulfonamides is 1. The molecular weight excluding hydrogens is 386 g/mol. The van der Waals surface area contributed by atoms with Gasteiger partial charge in [0.15, 0.2) is 0 Å². The quantitative estimate of drug-likeness (QED) is 0.825. The first kappa shape index (κ1) is 15.9. The van der Waals surface area contributed by atoms with Crippen LogP contribution in [-0.2, 0) is 10.0 Å². The number of ether oxygens (including phenoxy) is 1. The van der Waals surface area contributed by atoms with E-state index in [0.717, 1.165) is 8.95 Å². The van der Waals surface area contributed by atoms with E-state index in [1.165, 1.54) is 0 Å². The summed E-state index contributed by atoms with van der Waals surface area (Å²) in [6.07, 6.45) is 0. The fraction of sp³-hybridized carbons (Fsp3) is 0.455. The van der Waals surface area contributed by atoms with E-state index >= 15 is 0 Å². The van der Waals surface area contributed by atoms with E-state index in [0.29, 0.717) is 5.75 Å². The molecule has 0 aromatic heterocycles. The van der Waals surface area contributed by atoms with Gasteiger partial charge in [0.2, 0.25) is 10.0 Å². The van der Waals surface area contributed by atoms with Gasteiger partial charge in [0.1, 0.15) is 5.75 Å². The van der Waals surface area contributed by atoms with Crippen molar-refractivity contribution in [2.75, 3.05) is 12.4 Å². The zero-order chi connectivity index (χ0) is 14.0. The first-order valence-electron chi connectivity index (χ1n) is 5.18. The number of nitrogens with two attached hydrogens (primary N) is 1. The highest BCUT2D eigenvalue weighted by Crippen LogP contribution is 2.34. The zero-order valence-electron chi connectivity index (χ0n) is 10.1. The Labute approximate surface area is 124 Å². The molecule has 18 heavy (non-hydrogen) atoms. The average Bonchev–Trinajstić information content (AvgIpc) is 2.12. The lowest BCUT2D eigenvalue weighted by Gasteiger charge is -2.24. The van der Waals surface area contributed by atoms with E-state index in [2.05, 4.69) is 31.9 Å². The summed E-state index contributed by atoms with van der Waals surface area (Å²) >= 11 is 6.76. The Morgan fingerprint density at radius 1 is 1.28 bits per heavy atom. The Balaban J connectivity index is 2.76. The summed E-state index contributed by atoms with van der Waals surface area (Å²) in [4.78, 5) is 0. The number of sulfonamides is 1. The van der Waals surface area contributed by atoms with Crippen molar-refractivity contribution in [3.63, 3.8) is 0 Å². The van der Waals surface area contributed by atoms with Crippen LogP contribution >= 0.6 is 31.9 Å². The third-order valence-corrected chi connectivity index (χ3v) is 4.55. The number of halogens is 2. The van der Waals surface area contributed by atoms with Crippen molar-refractivity contribution in [2.45, 2.75) is 13.8 Å². The molecular formula is C11H15Br2NO3S. The summed E-state index contributed by atoms with van der Waals surface area (Å²) < 4.78 is 29.5. The summed E-state index contributed by atoms with van der Waals surface area (Å²) in [7, 11) is -3.51. The van der Waals surface area contributed by atoms with Crippen LogP contribution in [0.3, 0.4) is 0 Å². The van der Waals surface area contributed by atoms with Crippen LogP contribution in [0.15, 0.2) is 27.1 Å². The Morgan fingerprint density at radius 2 is 1.78 bits per heavy atom. The van der Waals surface area contributed by atoms with Crippen molar-refractivity contribution in [3.05, 3.63) is 27.1 Å². The van der Waals surface area contributed by atoms with Crippen molar-refractivity contribution in [2.24, 2.45) is 10.6 Å². The summed E-state index contributed by atoms with van der Waals surface area (Å²) in [6.45, 7) is 3.84. The van der Waals surface area contributed by atoms with Crippen LogP contribution in [-0.4, -0.2) is 20.8 Å². The molecule has 0 saturated heterocycles. The number of benzene rings is 1. The van der Waals surface area contributed by atoms with E-state index in [1.807, 2.05) is 18.2 Å². The molecule has 102 valence electrons. The van der Waals surface area contributed by atoms with Crippen molar-refractivity contribution in [1.29, 1.82) is 0 Å². The third-order valence-electron chi connectivity index (χ3n) is 2.12. The van der Waals surface area contributed by atoms with E-state index in [9.17, 15) is 8.42 Å². The number of hydrogen-bond acceptors (Lipinski definition) is 3. The standard InChI is InChI=1S/C11H15Br2NO3S/c1-11(2,7-18(14,15)16)6-17-10-8(12)4-3-5-9(10)13/h3-5H,6-7H2,1-2H3,(H2,14,15,16). The lowest BCUT2D eigenvalue weighted by Crippen LogP contribution is -2.33. The smallest absolute Gasteiger partial charge is 0.209 e. The maximum absolute atomic E-state index is 11.1. The Morgan fingerprint density at radius 3 is 2.22 bits per heavy atom. The lowest BCUT2D eigenvalue weighted by atomic mass is 9.98. The molecule has 0 aliphatic heterocycles. The van der Waals surface area contributed by atoms with Gasteiger partial charge in [-0.15, -0.1) is 0 Å². The van der Waals surface area contributed by atoms with Gasteiger partial charge in [0, 0.05) is 5.41 Å². The molecule has 1 rings (SSSR count). The van der Waals surface area contributed by atoms with E-state index in [-0.39, 0.29) is 12.4 Å².